The number of H-pyrrole nitrogens is 1. The quantitative estimate of drug-likeness (QED) is 0.642. The molecule has 0 atom stereocenters. The Hall–Kier alpha value is -2.86. The van der Waals surface area contributed by atoms with Crippen molar-refractivity contribution in [2.45, 2.75) is 39.4 Å². The number of rotatable bonds is 7. The third-order valence-corrected chi connectivity index (χ3v) is 4.48. The van der Waals surface area contributed by atoms with E-state index in [1.54, 1.807) is 39.0 Å². The summed E-state index contributed by atoms with van der Waals surface area (Å²) in [6.45, 7) is 5.72. The standard InChI is InChI=1S/C22H24FNO4/c1-14-20(24-19-8-7-15(23)11-18(19)21(14)25)13-28-17-6-4-5-16(12-17)27-10-9-22(2,3)26/h4-8,11-12,26H,9-10,13H2,1-3H3,(H,24,25). The highest BCUT2D eigenvalue weighted by molar-refractivity contribution is 5.79. The van der Waals surface area contributed by atoms with Crippen molar-refractivity contribution in [1.29, 1.82) is 0 Å². The Morgan fingerprint density at radius 3 is 2.54 bits per heavy atom. The minimum atomic E-state index is -0.781. The third kappa shape index (κ3) is 4.89. The second-order valence-corrected chi connectivity index (χ2v) is 7.42. The maximum absolute atomic E-state index is 13.4. The van der Waals surface area contributed by atoms with Crippen LogP contribution in [0.5, 0.6) is 11.5 Å². The number of nitrogens with one attached hydrogen (secondary N) is 1. The number of ether oxygens (including phenoxy) is 2. The highest BCUT2D eigenvalue weighted by Crippen LogP contribution is 2.22. The number of hydrogen-bond acceptors (Lipinski definition) is 4. The lowest BCUT2D eigenvalue weighted by atomic mass is 10.1. The van der Waals surface area contributed by atoms with Crippen molar-refractivity contribution in [1.82, 2.24) is 4.98 Å². The second kappa shape index (κ2) is 8.02. The molecule has 1 aromatic heterocycles. The van der Waals surface area contributed by atoms with E-state index in [-0.39, 0.29) is 12.0 Å². The molecule has 1 heterocycles. The Kier molecular flexibility index (Phi) is 5.70. The van der Waals surface area contributed by atoms with Gasteiger partial charge in [-0.1, -0.05) is 6.07 Å². The van der Waals surface area contributed by atoms with Crippen LogP contribution in [0.15, 0.2) is 47.3 Å². The number of fused-ring (bicyclic) bond motifs is 1. The lowest BCUT2D eigenvalue weighted by Crippen LogP contribution is -2.21. The van der Waals surface area contributed by atoms with Gasteiger partial charge in [-0.05, 0) is 51.1 Å². The summed E-state index contributed by atoms with van der Waals surface area (Å²) in [5.41, 5.74) is 0.708. The number of pyridine rings is 1. The van der Waals surface area contributed by atoms with Gasteiger partial charge in [0.25, 0.3) is 0 Å². The van der Waals surface area contributed by atoms with Crippen LogP contribution in [0, 0.1) is 12.7 Å². The molecule has 0 unspecified atom stereocenters. The summed E-state index contributed by atoms with van der Waals surface area (Å²) in [6.07, 6.45) is 0.510. The lowest BCUT2D eigenvalue weighted by molar-refractivity contribution is 0.0553. The van der Waals surface area contributed by atoms with Gasteiger partial charge in [0.05, 0.1) is 17.9 Å². The fourth-order valence-corrected chi connectivity index (χ4v) is 2.78. The summed E-state index contributed by atoms with van der Waals surface area (Å²) in [5.74, 6) is 0.795. The topological polar surface area (TPSA) is 71.5 Å². The molecule has 0 bridgehead atoms. The number of aromatic amines is 1. The molecule has 5 nitrogen and oxygen atoms in total. The molecular formula is C22H24FNO4. The van der Waals surface area contributed by atoms with Crippen LogP contribution in [0.1, 0.15) is 31.5 Å². The minimum Gasteiger partial charge on any atom is -0.493 e. The fourth-order valence-electron chi connectivity index (χ4n) is 2.78. The summed E-state index contributed by atoms with van der Waals surface area (Å²) in [6, 6.07) is 11.3. The average molecular weight is 385 g/mol. The first-order valence-electron chi connectivity index (χ1n) is 9.12. The van der Waals surface area contributed by atoms with E-state index < -0.39 is 11.4 Å². The molecule has 0 fully saturated rings. The van der Waals surface area contributed by atoms with Crippen LogP contribution in [-0.2, 0) is 6.61 Å². The van der Waals surface area contributed by atoms with E-state index in [4.69, 9.17) is 9.47 Å². The maximum atomic E-state index is 13.4. The minimum absolute atomic E-state index is 0.168. The Labute approximate surface area is 162 Å². The molecule has 28 heavy (non-hydrogen) atoms. The molecule has 2 aromatic carbocycles. The highest BCUT2D eigenvalue weighted by atomic mass is 19.1. The normalized spacial score (nSPS) is 11.6. The molecule has 0 spiro atoms. The van der Waals surface area contributed by atoms with Crippen LogP contribution in [0.2, 0.25) is 0 Å². The van der Waals surface area contributed by atoms with Gasteiger partial charge in [0.15, 0.2) is 5.43 Å². The van der Waals surface area contributed by atoms with Gasteiger partial charge < -0.3 is 19.6 Å². The molecular weight excluding hydrogens is 361 g/mol. The monoisotopic (exact) mass is 385 g/mol. The summed E-state index contributed by atoms with van der Waals surface area (Å²) in [4.78, 5) is 15.6. The first-order valence-corrected chi connectivity index (χ1v) is 9.12. The van der Waals surface area contributed by atoms with Gasteiger partial charge in [-0.2, -0.15) is 0 Å². The van der Waals surface area contributed by atoms with E-state index in [1.165, 1.54) is 12.1 Å². The van der Waals surface area contributed by atoms with Crippen molar-refractivity contribution in [2.24, 2.45) is 0 Å². The van der Waals surface area contributed by atoms with Crippen LogP contribution in [0.25, 0.3) is 10.9 Å². The van der Waals surface area contributed by atoms with Crippen molar-refractivity contribution in [3.63, 3.8) is 0 Å². The van der Waals surface area contributed by atoms with Crippen molar-refractivity contribution < 1.29 is 19.0 Å². The number of benzene rings is 2. The molecule has 6 heteroatoms. The van der Waals surface area contributed by atoms with Gasteiger partial charge in [-0.15, -0.1) is 0 Å². The van der Waals surface area contributed by atoms with Gasteiger partial charge in [0.1, 0.15) is 23.9 Å². The van der Waals surface area contributed by atoms with E-state index in [0.29, 0.717) is 46.7 Å². The molecule has 0 aliphatic rings. The molecule has 0 saturated heterocycles. The van der Waals surface area contributed by atoms with E-state index in [0.717, 1.165) is 0 Å². The Balaban J connectivity index is 1.72. The molecule has 0 saturated carbocycles. The van der Waals surface area contributed by atoms with Gasteiger partial charge in [0, 0.05) is 29.0 Å². The maximum Gasteiger partial charge on any atom is 0.192 e. The van der Waals surface area contributed by atoms with Crippen molar-refractivity contribution in [3.05, 3.63) is 69.8 Å². The number of aromatic nitrogens is 1. The third-order valence-electron chi connectivity index (χ3n) is 4.48. The number of aliphatic hydroxyl groups is 1. The number of hydrogen-bond donors (Lipinski definition) is 2. The summed E-state index contributed by atoms with van der Waals surface area (Å²) >= 11 is 0. The molecule has 3 rings (SSSR count). The molecule has 148 valence electrons. The number of halogens is 1. The summed E-state index contributed by atoms with van der Waals surface area (Å²) in [7, 11) is 0. The first-order chi connectivity index (χ1) is 13.2. The zero-order valence-corrected chi connectivity index (χ0v) is 16.2. The molecule has 0 amide bonds. The smallest absolute Gasteiger partial charge is 0.192 e. The Morgan fingerprint density at radius 2 is 1.82 bits per heavy atom. The van der Waals surface area contributed by atoms with E-state index >= 15 is 0 Å². The largest absolute Gasteiger partial charge is 0.493 e. The van der Waals surface area contributed by atoms with Gasteiger partial charge in [0.2, 0.25) is 0 Å². The van der Waals surface area contributed by atoms with Crippen LogP contribution >= 0.6 is 0 Å². The molecule has 3 aromatic rings. The predicted octanol–water partition coefficient (Wildman–Crippen LogP) is 4.09. The first kappa shape index (κ1) is 19.9. The van der Waals surface area contributed by atoms with E-state index in [1.807, 2.05) is 12.1 Å². The van der Waals surface area contributed by atoms with Gasteiger partial charge in [-0.3, -0.25) is 4.79 Å². The summed E-state index contributed by atoms with van der Waals surface area (Å²) in [5, 5.41) is 10.1. The van der Waals surface area contributed by atoms with Gasteiger partial charge >= 0.3 is 0 Å². The molecule has 0 aliphatic heterocycles. The van der Waals surface area contributed by atoms with Crippen molar-refractivity contribution in [3.8, 4) is 11.5 Å². The lowest BCUT2D eigenvalue weighted by Gasteiger charge is -2.17. The van der Waals surface area contributed by atoms with Crippen LogP contribution in [-0.4, -0.2) is 22.3 Å². The average Bonchev–Trinajstić information content (AvgIpc) is 2.63. The van der Waals surface area contributed by atoms with Crippen LogP contribution in [0.4, 0.5) is 4.39 Å². The zero-order valence-electron chi connectivity index (χ0n) is 16.2. The zero-order chi connectivity index (χ0) is 20.3. The van der Waals surface area contributed by atoms with E-state index in [9.17, 15) is 14.3 Å². The Morgan fingerprint density at radius 1 is 1.11 bits per heavy atom. The van der Waals surface area contributed by atoms with Crippen LogP contribution in [0.3, 0.4) is 0 Å². The van der Waals surface area contributed by atoms with Crippen molar-refractivity contribution >= 4 is 10.9 Å². The molecule has 0 radical (unpaired) electrons. The highest BCUT2D eigenvalue weighted by Gasteiger charge is 2.13. The Bertz CT molecular complexity index is 1040. The molecule has 2 N–H and O–H groups in total. The van der Waals surface area contributed by atoms with Gasteiger partial charge in [-0.25, -0.2) is 4.39 Å². The van der Waals surface area contributed by atoms with Crippen LogP contribution < -0.4 is 14.9 Å². The molecule has 0 aliphatic carbocycles. The van der Waals surface area contributed by atoms with E-state index in [2.05, 4.69) is 4.98 Å². The predicted molar refractivity (Wildman–Crippen MR) is 106 cm³/mol. The fraction of sp³-hybridized carbons (Fsp3) is 0.318. The SMILES string of the molecule is Cc1c(COc2cccc(OCCC(C)(C)O)c2)[nH]c2ccc(F)cc2c1=O. The second-order valence-electron chi connectivity index (χ2n) is 7.42. The van der Waals surface area contributed by atoms with Crippen molar-refractivity contribution in [2.75, 3.05) is 6.61 Å². The summed E-state index contributed by atoms with van der Waals surface area (Å²) < 4.78 is 24.9.